The smallest absolute Gasteiger partial charge is 0.353 e. The average Bonchev–Trinajstić information content (AvgIpc) is 4.05. The van der Waals surface area contributed by atoms with E-state index in [0.29, 0.717) is 22.4 Å². The molecule has 0 aliphatic carbocycles. The number of hydrogen-bond acceptors (Lipinski definition) is 12. The van der Waals surface area contributed by atoms with Gasteiger partial charge in [-0.05, 0) is 27.8 Å². The Kier molecular flexibility index (Phi) is 12.7. The molecule has 2 saturated heterocycles. The summed E-state index contributed by atoms with van der Waals surface area (Å²) in [6.07, 6.45) is -0.201. The summed E-state index contributed by atoms with van der Waals surface area (Å²) in [5.74, 6) is -2.52. The van der Waals surface area contributed by atoms with Crippen LogP contribution in [0.5, 0.6) is 0 Å². The number of fused-ring (bicyclic) bond motifs is 1. The fraction of sp³-hybridized carbons (Fsp3) is 0.204. The summed E-state index contributed by atoms with van der Waals surface area (Å²) >= 11 is 4.04. The lowest BCUT2D eigenvalue weighted by molar-refractivity contribution is -0.159. The van der Waals surface area contributed by atoms with E-state index < -0.39 is 40.2 Å². The molecule has 3 N–H and O–H groups in total. The molecule has 5 aromatic carbocycles. The van der Waals surface area contributed by atoms with Gasteiger partial charge in [-0.2, -0.15) is 0 Å². The molecule has 15 heteroatoms. The second-order valence-corrected chi connectivity index (χ2v) is 18.3. The van der Waals surface area contributed by atoms with Crippen molar-refractivity contribution in [3.05, 3.63) is 201 Å². The Morgan fingerprint density at radius 1 is 0.891 bits per heavy atom. The molecule has 0 bridgehead atoms. The normalized spacial score (nSPS) is 19.8. The zero-order chi connectivity index (χ0) is 44.1. The van der Waals surface area contributed by atoms with E-state index in [0.717, 1.165) is 27.8 Å². The standard InChI is InChI=1S/C49H43N5O7S3/c1-59-53-41(38-29-64-47(50-38)52-48(34-21-11-4-12-22-34,35-23-13-5-14-24-35)36-25-15-6-16-26-36)43(55)51-49(40(32-17-7-2-8-18-32)33-19-9-3-10-20-33)45(58)54-42(44(56)57)39(30-63-46(49)54)62-28-37-27-60-31-61-37/h2-26,29,37,40,46H,27-28,30-31H2,1H3,(H,50,52)(H,51,55)(H,56,57)/b53-41-/t37?,46-,49?/m0/s1. The molecule has 3 aliphatic rings. The predicted molar refractivity (Wildman–Crippen MR) is 250 cm³/mol. The SMILES string of the molecule is CO/N=C(\C(=O)NC1(C(c2ccccc2)c2ccccc2)C(=O)N2C(C(=O)O)=C(SCC3COCO3)CS[C@H]21)c1csc(NC(c2ccccc2)(c2ccccc2)c2ccccc2)n1. The van der Waals surface area contributed by atoms with E-state index in [1.165, 1.54) is 46.9 Å². The van der Waals surface area contributed by atoms with Crippen molar-refractivity contribution in [1.82, 2.24) is 15.2 Å². The molecule has 4 heterocycles. The lowest BCUT2D eigenvalue weighted by Gasteiger charge is -2.60. The molecular formula is C49H43N5O7S3. The minimum Gasteiger partial charge on any atom is -0.477 e. The van der Waals surface area contributed by atoms with Gasteiger partial charge in [-0.1, -0.05) is 157 Å². The Morgan fingerprint density at radius 3 is 1.94 bits per heavy atom. The van der Waals surface area contributed by atoms with E-state index in [-0.39, 0.29) is 35.8 Å². The number of thioether (sulfide) groups is 2. The third-order valence-electron chi connectivity index (χ3n) is 11.5. The van der Waals surface area contributed by atoms with Gasteiger partial charge in [-0.25, -0.2) is 9.78 Å². The third kappa shape index (κ3) is 7.98. The highest BCUT2D eigenvalue weighted by Gasteiger charge is 2.69. The summed E-state index contributed by atoms with van der Waals surface area (Å²) < 4.78 is 11.0. The van der Waals surface area contributed by atoms with E-state index >= 15 is 9.59 Å². The van der Waals surface area contributed by atoms with Crippen LogP contribution in [0.4, 0.5) is 5.13 Å². The number of carbonyl (C=O) groups is 3. The number of oxime groups is 1. The number of ether oxygens (including phenoxy) is 2. The Hall–Kier alpha value is -6.23. The topological polar surface area (TPSA) is 152 Å². The zero-order valence-electron chi connectivity index (χ0n) is 34.5. The Balaban J connectivity index is 1.11. The molecule has 2 amide bonds. The number of β-lactam (4-membered cyclic amide) rings is 1. The first-order valence-electron chi connectivity index (χ1n) is 20.5. The van der Waals surface area contributed by atoms with Gasteiger partial charge >= 0.3 is 5.97 Å². The fourth-order valence-corrected chi connectivity index (χ4v) is 12.3. The third-order valence-corrected chi connectivity index (χ3v) is 15.0. The van der Waals surface area contributed by atoms with E-state index in [1.54, 1.807) is 5.38 Å². The van der Waals surface area contributed by atoms with Gasteiger partial charge in [0, 0.05) is 27.7 Å². The number of thiazole rings is 1. The summed E-state index contributed by atoms with van der Waals surface area (Å²) in [5, 5.41) is 23.3. The largest absolute Gasteiger partial charge is 0.477 e. The lowest BCUT2D eigenvalue weighted by Crippen LogP contribution is -2.82. The number of carboxylic acid groups (broad SMARTS) is 1. The fourth-order valence-electron chi connectivity index (χ4n) is 8.71. The van der Waals surface area contributed by atoms with E-state index in [4.69, 9.17) is 19.3 Å². The summed E-state index contributed by atoms with van der Waals surface area (Å²) in [7, 11) is 1.34. The molecular weight excluding hydrogens is 867 g/mol. The number of aliphatic carboxylic acids is 1. The first kappa shape index (κ1) is 43.0. The first-order chi connectivity index (χ1) is 31.3. The van der Waals surface area contributed by atoms with Crippen LogP contribution < -0.4 is 10.6 Å². The number of carbonyl (C=O) groups excluding carboxylic acids is 2. The molecule has 2 fully saturated rings. The van der Waals surface area contributed by atoms with Crippen molar-refractivity contribution in [2.24, 2.45) is 5.16 Å². The van der Waals surface area contributed by atoms with Crippen LogP contribution in [0.25, 0.3) is 0 Å². The van der Waals surface area contributed by atoms with Crippen molar-refractivity contribution in [1.29, 1.82) is 0 Å². The van der Waals surface area contributed by atoms with Gasteiger partial charge in [0.1, 0.15) is 36.2 Å². The second-order valence-electron chi connectivity index (χ2n) is 15.2. The van der Waals surface area contributed by atoms with Crippen molar-refractivity contribution in [3.8, 4) is 0 Å². The van der Waals surface area contributed by atoms with Crippen molar-refractivity contribution in [3.63, 3.8) is 0 Å². The molecule has 0 spiro atoms. The molecule has 1 aromatic heterocycles. The van der Waals surface area contributed by atoms with Gasteiger partial charge < -0.3 is 30.1 Å². The Morgan fingerprint density at radius 2 is 1.44 bits per heavy atom. The summed E-state index contributed by atoms with van der Waals surface area (Å²) in [6, 6.07) is 49.2. The van der Waals surface area contributed by atoms with Gasteiger partial charge in [0.2, 0.25) is 0 Å². The van der Waals surface area contributed by atoms with Gasteiger partial charge in [0.25, 0.3) is 11.8 Å². The molecule has 9 rings (SSSR count). The number of hydrogen-bond donors (Lipinski definition) is 3. The minimum atomic E-state index is -1.68. The molecule has 3 atom stereocenters. The first-order valence-corrected chi connectivity index (χ1v) is 23.4. The monoisotopic (exact) mass is 909 g/mol. The maximum absolute atomic E-state index is 15.3. The number of rotatable bonds is 16. The highest BCUT2D eigenvalue weighted by Crippen LogP contribution is 2.55. The van der Waals surface area contributed by atoms with Gasteiger partial charge in [0.15, 0.2) is 16.4 Å². The van der Waals surface area contributed by atoms with Crippen LogP contribution in [-0.2, 0) is 34.2 Å². The summed E-state index contributed by atoms with van der Waals surface area (Å²) in [5.41, 5.74) is 1.79. The summed E-state index contributed by atoms with van der Waals surface area (Å²) in [6.45, 7) is 0.588. The lowest BCUT2D eigenvalue weighted by atomic mass is 9.68. The highest BCUT2D eigenvalue weighted by atomic mass is 32.2. The maximum atomic E-state index is 15.3. The zero-order valence-corrected chi connectivity index (χ0v) is 37.0. The molecule has 64 heavy (non-hydrogen) atoms. The molecule has 0 saturated carbocycles. The number of anilines is 1. The predicted octanol–water partition coefficient (Wildman–Crippen LogP) is 7.90. The van der Waals surface area contributed by atoms with Crippen LogP contribution in [0.2, 0.25) is 0 Å². The number of aromatic nitrogens is 1. The molecule has 324 valence electrons. The van der Waals surface area contributed by atoms with Crippen molar-refractivity contribution < 1.29 is 33.8 Å². The van der Waals surface area contributed by atoms with E-state index in [1.807, 2.05) is 115 Å². The number of amides is 2. The summed E-state index contributed by atoms with van der Waals surface area (Å²) in [4.78, 5) is 55.7. The molecule has 12 nitrogen and oxygen atoms in total. The van der Waals surface area contributed by atoms with Gasteiger partial charge in [0.05, 0.1) is 12.7 Å². The number of nitrogens with one attached hydrogen (secondary N) is 2. The Labute approximate surface area is 382 Å². The minimum absolute atomic E-state index is 0.109. The van der Waals surface area contributed by atoms with Crippen LogP contribution in [0.1, 0.15) is 39.4 Å². The molecule has 2 unspecified atom stereocenters. The van der Waals surface area contributed by atoms with Crippen molar-refractivity contribution in [2.75, 3.05) is 37.3 Å². The quantitative estimate of drug-likeness (QED) is 0.0376. The average molecular weight is 910 g/mol. The van der Waals surface area contributed by atoms with Gasteiger partial charge in [-0.3, -0.25) is 14.5 Å². The maximum Gasteiger partial charge on any atom is 0.353 e. The molecule has 3 aliphatic heterocycles. The Bertz CT molecular complexity index is 2530. The second kappa shape index (κ2) is 18.9. The van der Waals surface area contributed by atoms with Crippen LogP contribution in [0, 0.1) is 0 Å². The number of benzene rings is 5. The molecule has 6 aromatic rings. The number of carboxylic acids is 1. The van der Waals surface area contributed by atoms with Crippen molar-refractivity contribution >= 4 is 63.5 Å². The van der Waals surface area contributed by atoms with Crippen LogP contribution in [-0.4, -0.2) is 87.5 Å². The number of nitrogens with zero attached hydrogens (tertiary/aromatic N) is 3. The van der Waals surface area contributed by atoms with Crippen LogP contribution in [0.3, 0.4) is 0 Å². The van der Waals surface area contributed by atoms with Crippen molar-refractivity contribution in [2.45, 2.75) is 28.5 Å². The van der Waals surface area contributed by atoms with E-state index in [2.05, 4.69) is 52.2 Å². The van der Waals surface area contributed by atoms with Crippen LogP contribution >= 0.6 is 34.9 Å². The molecule has 0 radical (unpaired) electrons. The van der Waals surface area contributed by atoms with Gasteiger partial charge in [-0.15, -0.1) is 34.9 Å². The van der Waals surface area contributed by atoms with Crippen LogP contribution in [0.15, 0.2) is 173 Å². The highest BCUT2D eigenvalue weighted by molar-refractivity contribution is 8.06. The van der Waals surface area contributed by atoms with E-state index in [9.17, 15) is 9.90 Å².